The van der Waals surface area contributed by atoms with E-state index in [0.29, 0.717) is 12.1 Å². The Morgan fingerprint density at radius 1 is 1.00 bits per heavy atom. The lowest BCUT2D eigenvalue weighted by Gasteiger charge is -2.38. The highest BCUT2D eigenvalue weighted by Crippen LogP contribution is 2.43. The average Bonchev–Trinajstić information content (AvgIpc) is 2.70. The summed E-state index contributed by atoms with van der Waals surface area (Å²) in [7, 11) is 0. The Bertz CT molecular complexity index is 556. The highest BCUT2D eigenvalue weighted by atomic mass is 16.2. The molecular weight excluding hydrogens is 260 g/mol. The summed E-state index contributed by atoms with van der Waals surface area (Å²) in [5.74, 6) is 0. The number of urea groups is 1. The van der Waals surface area contributed by atoms with Gasteiger partial charge in [-0.1, -0.05) is 29.3 Å². The highest BCUT2D eigenvalue weighted by Gasteiger charge is 2.42. The Morgan fingerprint density at radius 3 is 2.24 bits per heavy atom. The van der Waals surface area contributed by atoms with Crippen LogP contribution in [0.4, 0.5) is 10.5 Å². The first-order valence-corrected chi connectivity index (χ1v) is 8.15. The van der Waals surface area contributed by atoms with Crippen LogP contribution in [0, 0.1) is 0 Å². The standard InChI is InChI=1S/C18H22N2O/c21-18(19-15-7-2-1-3-8-15)20-16-9-10-17(20)12-14(11-16)13-5-4-6-13/h1-3,7-8,16-17H,4-6,9-12H2,(H,19,21). The van der Waals surface area contributed by atoms with Crippen LogP contribution in [0.3, 0.4) is 0 Å². The Balaban J connectivity index is 1.48. The first kappa shape index (κ1) is 12.9. The normalized spacial score (nSPS) is 27.5. The van der Waals surface area contributed by atoms with Gasteiger partial charge in [0.15, 0.2) is 0 Å². The van der Waals surface area contributed by atoms with E-state index in [9.17, 15) is 4.79 Å². The fourth-order valence-electron chi connectivity index (χ4n) is 4.05. The van der Waals surface area contributed by atoms with E-state index in [4.69, 9.17) is 0 Å². The van der Waals surface area contributed by atoms with Crippen LogP contribution in [0.5, 0.6) is 0 Å². The number of amides is 2. The number of anilines is 1. The van der Waals surface area contributed by atoms with Crippen molar-refractivity contribution in [3.8, 4) is 0 Å². The zero-order chi connectivity index (χ0) is 14.2. The molecule has 0 radical (unpaired) electrons. The summed E-state index contributed by atoms with van der Waals surface area (Å²) >= 11 is 0. The van der Waals surface area contributed by atoms with Crippen LogP contribution in [-0.2, 0) is 0 Å². The number of carbonyl (C=O) groups excluding carboxylic acids is 1. The quantitative estimate of drug-likeness (QED) is 0.764. The summed E-state index contributed by atoms with van der Waals surface area (Å²) in [4.78, 5) is 14.7. The van der Waals surface area contributed by atoms with Crippen molar-refractivity contribution in [3.05, 3.63) is 41.5 Å². The van der Waals surface area contributed by atoms with Gasteiger partial charge in [-0.05, 0) is 57.1 Å². The molecule has 4 rings (SSSR count). The van der Waals surface area contributed by atoms with Crippen LogP contribution >= 0.6 is 0 Å². The molecule has 3 aliphatic rings. The highest BCUT2D eigenvalue weighted by molar-refractivity contribution is 5.90. The van der Waals surface area contributed by atoms with Gasteiger partial charge in [-0.3, -0.25) is 0 Å². The van der Waals surface area contributed by atoms with Crippen molar-refractivity contribution in [3.63, 3.8) is 0 Å². The average molecular weight is 282 g/mol. The summed E-state index contributed by atoms with van der Waals surface area (Å²) in [5.41, 5.74) is 4.28. The maximum Gasteiger partial charge on any atom is 0.322 e. The predicted octanol–water partition coefficient (Wildman–Crippen LogP) is 4.33. The van der Waals surface area contributed by atoms with Gasteiger partial charge in [-0.2, -0.15) is 0 Å². The number of hydrogen-bond acceptors (Lipinski definition) is 1. The molecule has 0 aromatic heterocycles. The van der Waals surface area contributed by atoms with Crippen molar-refractivity contribution >= 4 is 11.7 Å². The first-order valence-electron chi connectivity index (χ1n) is 8.15. The number of carbonyl (C=O) groups is 1. The van der Waals surface area contributed by atoms with Crippen molar-refractivity contribution in [2.75, 3.05) is 5.32 Å². The second kappa shape index (κ2) is 5.21. The van der Waals surface area contributed by atoms with Crippen molar-refractivity contribution < 1.29 is 4.79 Å². The third kappa shape index (κ3) is 2.35. The van der Waals surface area contributed by atoms with Crippen LogP contribution in [0.2, 0.25) is 0 Å². The molecule has 0 spiro atoms. The lowest BCUT2D eigenvalue weighted by molar-refractivity contribution is 0.173. The van der Waals surface area contributed by atoms with Crippen molar-refractivity contribution in [1.82, 2.24) is 4.90 Å². The summed E-state index contributed by atoms with van der Waals surface area (Å²) in [6.07, 6.45) is 8.57. The van der Waals surface area contributed by atoms with Gasteiger partial charge in [0, 0.05) is 17.8 Å². The number of para-hydroxylation sites is 1. The molecule has 2 aliphatic heterocycles. The van der Waals surface area contributed by atoms with Gasteiger partial charge >= 0.3 is 6.03 Å². The van der Waals surface area contributed by atoms with Crippen molar-refractivity contribution in [1.29, 1.82) is 0 Å². The van der Waals surface area contributed by atoms with Gasteiger partial charge in [-0.15, -0.1) is 0 Å². The summed E-state index contributed by atoms with van der Waals surface area (Å²) in [6, 6.07) is 10.7. The maximum absolute atomic E-state index is 12.6. The molecule has 110 valence electrons. The molecule has 2 atom stereocenters. The third-order valence-electron chi connectivity index (χ3n) is 5.30. The van der Waals surface area contributed by atoms with Gasteiger partial charge < -0.3 is 10.2 Å². The van der Waals surface area contributed by atoms with E-state index in [0.717, 1.165) is 18.5 Å². The third-order valence-corrected chi connectivity index (χ3v) is 5.30. The van der Waals surface area contributed by atoms with E-state index in [-0.39, 0.29) is 6.03 Å². The van der Waals surface area contributed by atoms with E-state index in [1.54, 1.807) is 11.1 Å². The topological polar surface area (TPSA) is 32.3 Å². The molecule has 2 amide bonds. The molecular formula is C18H22N2O. The number of rotatable bonds is 1. The van der Waals surface area contributed by atoms with E-state index in [1.807, 2.05) is 30.3 Å². The predicted molar refractivity (Wildman–Crippen MR) is 84.2 cm³/mol. The molecule has 3 fully saturated rings. The van der Waals surface area contributed by atoms with Crippen molar-refractivity contribution in [2.24, 2.45) is 0 Å². The zero-order valence-corrected chi connectivity index (χ0v) is 12.3. The van der Waals surface area contributed by atoms with Gasteiger partial charge in [0.05, 0.1) is 0 Å². The zero-order valence-electron chi connectivity index (χ0n) is 12.3. The minimum Gasteiger partial charge on any atom is -0.318 e. The molecule has 3 nitrogen and oxygen atoms in total. The molecule has 1 aliphatic carbocycles. The van der Waals surface area contributed by atoms with Gasteiger partial charge in [0.25, 0.3) is 0 Å². The lowest BCUT2D eigenvalue weighted by atomic mass is 9.82. The second-order valence-electron chi connectivity index (χ2n) is 6.56. The largest absolute Gasteiger partial charge is 0.322 e. The smallest absolute Gasteiger partial charge is 0.318 e. The molecule has 2 heterocycles. The van der Waals surface area contributed by atoms with Gasteiger partial charge in [-0.25, -0.2) is 4.79 Å². The first-order chi connectivity index (χ1) is 10.3. The Morgan fingerprint density at radius 2 is 1.67 bits per heavy atom. The van der Waals surface area contributed by atoms with E-state index < -0.39 is 0 Å². The number of benzene rings is 1. The molecule has 1 aromatic rings. The minimum absolute atomic E-state index is 0.0892. The van der Waals surface area contributed by atoms with Gasteiger partial charge in [0.2, 0.25) is 0 Å². The number of hydrogen-bond donors (Lipinski definition) is 1. The Kier molecular flexibility index (Phi) is 3.21. The van der Waals surface area contributed by atoms with Crippen LogP contribution < -0.4 is 5.32 Å². The Hall–Kier alpha value is -1.77. The summed E-state index contributed by atoms with van der Waals surface area (Å²) in [6.45, 7) is 0. The van der Waals surface area contributed by atoms with Gasteiger partial charge in [0.1, 0.15) is 0 Å². The van der Waals surface area contributed by atoms with E-state index in [2.05, 4.69) is 10.2 Å². The fraction of sp³-hybridized carbons (Fsp3) is 0.500. The number of piperidine rings is 1. The fourth-order valence-corrected chi connectivity index (χ4v) is 4.05. The number of nitrogens with one attached hydrogen (secondary N) is 1. The molecule has 1 aromatic carbocycles. The number of allylic oxidation sites excluding steroid dienone is 1. The summed E-state index contributed by atoms with van der Waals surface area (Å²) < 4.78 is 0. The lowest BCUT2D eigenvalue weighted by Crippen LogP contribution is -2.47. The molecule has 2 unspecified atom stereocenters. The van der Waals surface area contributed by atoms with E-state index >= 15 is 0 Å². The molecule has 1 N–H and O–H groups in total. The molecule has 21 heavy (non-hydrogen) atoms. The molecule has 2 bridgehead atoms. The summed E-state index contributed by atoms with van der Waals surface area (Å²) in [5, 5.41) is 3.06. The Labute approximate surface area is 126 Å². The molecule has 1 saturated carbocycles. The van der Waals surface area contributed by atoms with Crippen LogP contribution in [0.1, 0.15) is 44.9 Å². The monoisotopic (exact) mass is 282 g/mol. The number of nitrogens with zero attached hydrogens (tertiary/aromatic N) is 1. The minimum atomic E-state index is 0.0892. The van der Waals surface area contributed by atoms with Crippen LogP contribution in [0.25, 0.3) is 0 Å². The number of fused-ring (bicyclic) bond motifs is 2. The second-order valence-corrected chi connectivity index (χ2v) is 6.56. The molecule has 2 saturated heterocycles. The molecule has 3 heteroatoms. The van der Waals surface area contributed by atoms with Crippen LogP contribution in [0.15, 0.2) is 41.5 Å². The SMILES string of the molecule is O=C(Nc1ccccc1)N1C2CCC1CC(=C1CCC1)C2. The van der Waals surface area contributed by atoms with Crippen LogP contribution in [-0.4, -0.2) is 23.0 Å². The van der Waals surface area contributed by atoms with E-state index in [1.165, 1.54) is 32.1 Å². The maximum atomic E-state index is 12.6. The van der Waals surface area contributed by atoms with Crippen molar-refractivity contribution in [2.45, 2.75) is 57.0 Å².